The molecule has 0 aromatic carbocycles. The van der Waals surface area contributed by atoms with Gasteiger partial charge in [0.2, 0.25) is 5.96 Å². The van der Waals surface area contributed by atoms with E-state index >= 15 is 0 Å². The van der Waals surface area contributed by atoms with E-state index in [-0.39, 0.29) is 34.9 Å². The minimum Gasteiger partial charge on any atom is -0.369 e. The molecule has 0 spiro atoms. The molecule has 0 amide bonds. The molecule has 1 aliphatic carbocycles. The van der Waals surface area contributed by atoms with Crippen LogP contribution in [0.3, 0.4) is 0 Å². The normalized spacial score (nSPS) is 17.5. The zero-order chi connectivity index (χ0) is 18.3. The molecule has 0 radical (unpaired) electrons. The lowest BCUT2D eigenvalue weighted by Crippen LogP contribution is -2.31. The summed E-state index contributed by atoms with van der Waals surface area (Å²) in [6.45, 7) is 1.81. The molecule has 6 nitrogen and oxygen atoms in total. The molecule has 0 saturated carbocycles. The van der Waals surface area contributed by atoms with Crippen molar-refractivity contribution in [1.29, 1.82) is 0 Å². The number of halogens is 3. The summed E-state index contributed by atoms with van der Waals surface area (Å²) in [4.78, 5) is 12.4. The molecule has 0 bridgehead atoms. The zero-order valence-electron chi connectivity index (χ0n) is 14.1. The Labute approximate surface area is 170 Å². The van der Waals surface area contributed by atoms with Crippen LogP contribution in [0.25, 0.3) is 0 Å². The predicted octanol–water partition coefficient (Wildman–Crippen LogP) is 3.19. The highest BCUT2D eigenvalue weighted by molar-refractivity contribution is 7.14. The van der Waals surface area contributed by atoms with Gasteiger partial charge in [-0.15, -0.1) is 28.8 Å². The van der Waals surface area contributed by atoms with Gasteiger partial charge in [0.15, 0.2) is 0 Å². The smallest absolute Gasteiger partial charge is 0.269 e. The van der Waals surface area contributed by atoms with Crippen LogP contribution in [0.1, 0.15) is 34.7 Å². The van der Waals surface area contributed by atoms with Gasteiger partial charge in [-0.1, -0.05) is 23.2 Å². The molecule has 0 aliphatic heterocycles. The first-order valence-corrected chi connectivity index (χ1v) is 9.21. The molecular formula is C16H18Cl3N5OS. The lowest BCUT2D eigenvalue weighted by atomic mass is 9.80. The van der Waals surface area contributed by atoms with Crippen molar-refractivity contribution in [1.82, 2.24) is 4.57 Å². The molecule has 10 heteroatoms. The Morgan fingerprint density at radius 3 is 2.62 bits per heavy atom. The van der Waals surface area contributed by atoms with Crippen LogP contribution in [-0.2, 0) is 13.5 Å². The van der Waals surface area contributed by atoms with Crippen LogP contribution in [0.4, 0.5) is 0 Å². The van der Waals surface area contributed by atoms with E-state index < -0.39 is 0 Å². The lowest BCUT2D eigenvalue weighted by Gasteiger charge is -2.29. The Morgan fingerprint density at radius 1 is 1.35 bits per heavy atom. The van der Waals surface area contributed by atoms with Gasteiger partial charge in [0.05, 0.1) is 10.0 Å². The molecule has 2 aromatic rings. The summed E-state index contributed by atoms with van der Waals surface area (Å²) >= 11 is 14.0. The zero-order valence-corrected chi connectivity index (χ0v) is 17.3. The SMILES string of the molecule is Cc1c2c(n(C)c(=O)c1Cl)CC(c1ccsc1Cl)C/C2=N/N=C(N)N.Cl. The van der Waals surface area contributed by atoms with Gasteiger partial charge in [-0.05, 0) is 48.3 Å². The van der Waals surface area contributed by atoms with E-state index in [1.807, 2.05) is 18.4 Å². The first-order valence-electron chi connectivity index (χ1n) is 7.58. The third kappa shape index (κ3) is 3.62. The van der Waals surface area contributed by atoms with Gasteiger partial charge in [0, 0.05) is 18.3 Å². The Balaban J connectivity index is 0.00000243. The lowest BCUT2D eigenvalue weighted by molar-refractivity contribution is 0.636. The van der Waals surface area contributed by atoms with Crippen molar-refractivity contribution in [2.45, 2.75) is 25.7 Å². The van der Waals surface area contributed by atoms with Crippen molar-refractivity contribution in [3.8, 4) is 0 Å². The molecule has 4 N–H and O–H groups in total. The molecule has 1 aliphatic rings. The molecule has 140 valence electrons. The van der Waals surface area contributed by atoms with Gasteiger partial charge < -0.3 is 16.0 Å². The Hall–Kier alpha value is -1.54. The quantitative estimate of drug-likeness (QED) is 0.431. The third-order valence-electron chi connectivity index (χ3n) is 4.43. The molecule has 2 aromatic heterocycles. The molecule has 0 saturated heterocycles. The fourth-order valence-electron chi connectivity index (χ4n) is 3.21. The first kappa shape index (κ1) is 20.8. The van der Waals surface area contributed by atoms with Gasteiger partial charge in [-0.2, -0.15) is 5.10 Å². The fraction of sp³-hybridized carbons (Fsp3) is 0.312. The van der Waals surface area contributed by atoms with Crippen LogP contribution in [0.5, 0.6) is 0 Å². The Morgan fingerprint density at radius 2 is 2.04 bits per heavy atom. The number of aromatic nitrogens is 1. The van der Waals surface area contributed by atoms with E-state index in [2.05, 4.69) is 10.2 Å². The first-order chi connectivity index (χ1) is 11.8. The number of guanidine groups is 1. The number of fused-ring (bicyclic) bond motifs is 1. The van der Waals surface area contributed by atoms with Crippen molar-refractivity contribution >= 4 is 58.6 Å². The van der Waals surface area contributed by atoms with Crippen molar-refractivity contribution in [2.75, 3.05) is 0 Å². The summed E-state index contributed by atoms with van der Waals surface area (Å²) in [5, 5.41) is 10.2. The van der Waals surface area contributed by atoms with Gasteiger partial charge >= 0.3 is 0 Å². The maximum absolute atomic E-state index is 12.4. The standard InChI is InChI=1S/C16H17Cl2N5OS.ClH/c1-7-12-10(21-22-16(19)20)5-8(9-3-4-25-14(9)18)6-11(12)23(2)15(24)13(7)17;/h3-4,8H,5-6H2,1-2H3,(H4,19,20,22);1H/b21-10-;. The van der Waals surface area contributed by atoms with Crippen LogP contribution in [0.2, 0.25) is 9.36 Å². The van der Waals surface area contributed by atoms with Gasteiger partial charge in [0.25, 0.3) is 5.56 Å². The van der Waals surface area contributed by atoms with Crippen molar-refractivity contribution in [3.63, 3.8) is 0 Å². The molecule has 3 rings (SSSR count). The number of rotatable bonds is 2. The largest absolute Gasteiger partial charge is 0.369 e. The summed E-state index contributed by atoms with van der Waals surface area (Å²) in [6, 6.07) is 2.00. The van der Waals surface area contributed by atoms with Crippen LogP contribution in [0.15, 0.2) is 26.4 Å². The summed E-state index contributed by atoms with van der Waals surface area (Å²) in [6.07, 6.45) is 1.27. The van der Waals surface area contributed by atoms with Crippen LogP contribution in [0, 0.1) is 6.92 Å². The van der Waals surface area contributed by atoms with Gasteiger partial charge in [-0.3, -0.25) is 4.79 Å². The second kappa shape index (κ2) is 8.00. The van der Waals surface area contributed by atoms with Crippen molar-refractivity contribution < 1.29 is 0 Å². The number of hydrogen-bond acceptors (Lipinski definition) is 4. The van der Waals surface area contributed by atoms with Crippen molar-refractivity contribution in [2.24, 2.45) is 28.7 Å². The fourth-order valence-corrected chi connectivity index (χ4v) is 4.51. The van der Waals surface area contributed by atoms with Crippen LogP contribution >= 0.6 is 46.9 Å². The minimum absolute atomic E-state index is 0. The number of pyridine rings is 1. The molecule has 0 fully saturated rings. The minimum atomic E-state index is -0.226. The monoisotopic (exact) mass is 433 g/mol. The van der Waals surface area contributed by atoms with Crippen molar-refractivity contribution in [3.05, 3.63) is 53.5 Å². The Bertz CT molecular complexity index is 960. The van der Waals surface area contributed by atoms with Gasteiger partial charge in [-0.25, -0.2) is 0 Å². The maximum atomic E-state index is 12.4. The van der Waals surface area contributed by atoms with Crippen LogP contribution < -0.4 is 17.0 Å². The van der Waals surface area contributed by atoms with E-state index in [4.69, 9.17) is 34.7 Å². The highest BCUT2D eigenvalue weighted by atomic mass is 35.5. The summed E-state index contributed by atoms with van der Waals surface area (Å²) in [5.74, 6) is -0.0383. The van der Waals surface area contributed by atoms with E-state index in [0.29, 0.717) is 24.1 Å². The number of hydrogen-bond donors (Lipinski definition) is 2. The highest BCUT2D eigenvalue weighted by Crippen LogP contribution is 2.39. The second-order valence-electron chi connectivity index (χ2n) is 5.95. The van der Waals surface area contributed by atoms with E-state index in [1.54, 1.807) is 11.6 Å². The molecule has 26 heavy (non-hydrogen) atoms. The maximum Gasteiger partial charge on any atom is 0.269 e. The summed E-state index contributed by atoms with van der Waals surface area (Å²) in [7, 11) is 1.71. The molecular weight excluding hydrogens is 417 g/mol. The summed E-state index contributed by atoms with van der Waals surface area (Å²) in [5.41, 5.74) is 14.7. The molecule has 1 unspecified atom stereocenters. The van der Waals surface area contributed by atoms with Crippen LogP contribution in [-0.4, -0.2) is 16.2 Å². The highest BCUT2D eigenvalue weighted by Gasteiger charge is 2.31. The van der Waals surface area contributed by atoms with E-state index in [9.17, 15) is 4.79 Å². The second-order valence-corrected chi connectivity index (χ2v) is 7.85. The number of nitrogens with two attached hydrogens (primary N) is 2. The summed E-state index contributed by atoms with van der Waals surface area (Å²) < 4.78 is 2.31. The Kier molecular flexibility index (Phi) is 6.39. The average molecular weight is 435 g/mol. The topological polar surface area (TPSA) is 98.8 Å². The average Bonchev–Trinajstić information content (AvgIpc) is 3.01. The molecule has 1 atom stereocenters. The number of thiophene rings is 1. The van der Waals surface area contributed by atoms with Gasteiger partial charge in [0.1, 0.15) is 5.02 Å². The number of nitrogens with zero attached hydrogens (tertiary/aromatic N) is 3. The molecule has 2 heterocycles. The van der Waals surface area contributed by atoms with E-state index in [0.717, 1.165) is 21.2 Å². The third-order valence-corrected chi connectivity index (χ3v) is 6.08. The predicted molar refractivity (Wildman–Crippen MR) is 111 cm³/mol. The van der Waals surface area contributed by atoms with E-state index in [1.165, 1.54) is 11.3 Å².